The van der Waals surface area contributed by atoms with E-state index >= 15 is 0 Å². The van der Waals surface area contributed by atoms with Gasteiger partial charge in [-0.15, -0.1) is 0 Å². The third kappa shape index (κ3) is 8.63. The summed E-state index contributed by atoms with van der Waals surface area (Å²) < 4.78 is 0. The molecule has 0 aliphatic rings. The van der Waals surface area contributed by atoms with Gasteiger partial charge < -0.3 is 16.8 Å². The van der Waals surface area contributed by atoms with Crippen molar-refractivity contribution in [2.45, 2.75) is 25.7 Å². The molecule has 0 atom stereocenters. The Balaban J connectivity index is 1.28. The molecule has 4 rings (SSSR count). The molecule has 0 aromatic heterocycles. The minimum absolute atomic E-state index is 0.00480. The number of anilines is 2. The number of Topliss-reactive ketones (excluding diaryl/α,β-unsaturated/α-hetero) is 4. The molecule has 208 valence electrons. The minimum Gasteiger partial charge on any atom is -0.356 e. The highest BCUT2D eigenvalue weighted by Crippen LogP contribution is 2.20. The summed E-state index contributed by atoms with van der Waals surface area (Å²) in [5.74, 6) is -0.0716. The maximum atomic E-state index is 12.7. The van der Waals surface area contributed by atoms with Gasteiger partial charge in [-0.2, -0.15) is 0 Å². The van der Waals surface area contributed by atoms with Crippen LogP contribution in [0.25, 0.3) is 0 Å². The molecule has 7 nitrogen and oxygen atoms in total. The van der Waals surface area contributed by atoms with E-state index in [1.807, 2.05) is 48.5 Å². The van der Waals surface area contributed by atoms with E-state index in [-0.39, 0.29) is 61.9 Å². The third-order valence-electron chi connectivity index (χ3n) is 6.74. The predicted molar refractivity (Wildman–Crippen MR) is 161 cm³/mol. The summed E-state index contributed by atoms with van der Waals surface area (Å²) >= 11 is 0. The number of nitrogens with two attached hydrogens (primary N) is 2. The van der Waals surface area contributed by atoms with Crippen LogP contribution in [-0.2, 0) is 35.3 Å². The molecule has 7 heteroatoms. The number of carbonyl (C=O) groups excluding carboxylic acids is 4. The molecule has 0 bridgehead atoms. The number of ketones is 4. The first-order valence-corrected chi connectivity index (χ1v) is 13.5. The fourth-order valence-corrected chi connectivity index (χ4v) is 4.37. The lowest BCUT2D eigenvalue weighted by Gasteiger charge is -2.09. The average molecular weight is 548 g/mol. The molecular weight excluding hydrogens is 514 g/mol. The van der Waals surface area contributed by atoms with Gasteiger partial charge >= 0.3 is 0 Å². The van der Waals surface area contributed by atoms with Gasteiger partial charge in [0, 0.05) is 48.2 Å². The SMILES string of the molecule is NCC(=O)Cc1ccc(C(=O)Cc2ccc(Nc3ccc(CC(=O)c4ccc(CC(=O)CN)cc4)cc3)cc2)cc1. The van der Waals surface area contributed by atoms with Crippen molar-refractivity contribution in [1.82, 2.24) is 0 Å². The predicted octanol–water partition coefficient (Wildman–Crippen LogP) is 4.42. The van der Waals surface area contributed by atoms with E-state index in [1.54, 1.807) is 48.5 Å². The Bertz CT molecular complexity index is 1390. The summed E-state index contributed by atoms with van der Waals surface area (Å²) in [4.78, 5) is 48.4. The molecule has 0 aliphatic carbocycles. The number of benzene rings is 4. The van der Waals surface area contributed by atoms with E-state index in [4.69, 9.17) is 11.5 Å². The summed E-state index contributed by atoms with van der Waals surface area (Å²) in [6.07, 6.45) is 1.10. The van der Waals surface area contributed by atoms with Gasteiger partial charge in [0.1, 0.15) is 0 Å². The van der Waals surface area contributed by atoms with Gasteiger partial charge in [-0.05, 0) is 46.5 Å². The lowest BCUT2D eigenvalue weighted by molar-refractivity contribution is -0.117. The maximum Gasteiger partial charge on any atom is 0.167 e. The zero-order valence-corrected chi connectivity index (χ0v) is 22.8. The molecule has 0 amide bonds. The summed E-state index contributed by atoms with van der Waals surface area (Å²) in [6, 6.07) is 29.5. The average Bonchev–Trinajstić information content (AvgIpc) is 2.99. The normalized spacial score (nSPS) is 10.7. The van der Waals surface area contributed by atoms with E-state index in [2.05, 4.69) is 5.32 Å². The van der Waals surface area contributed by atoms with Crippen LogP contribution in [0.4, 0.5) is 11.4 Å². The summed E-state index contributed by atoms with van der Waals surface area (Å²) in [6.45, 7) is 0.0201. The molecule has 4 aromatic rings. The number of rotatable bonds is 14. The summed E-state index contributed by atoms with van der Waals surface area (Å²) in [5.41, 5.74) is 17.2. The van der Waals surface area contributed by atoms with Gasteiger partial charge in [-0.25, -0.2) is 0 Å². The first kappa shape index (κ1) is 29.3. The second-order valence-corrected chi connectivity index (χ2v) is 9.95. The van der Waals surface area contributed by atoms with Crippen LogP contribution < -0.4 is 16.8 Å². The fourth-order valence-electron chi connectivity index (χ4n) is 4.37. The summed E-state index contributed by atoms with van der Waals surface area (Å²) in [7, 11) is 0. The molecule has 0 radical (unpaired) electrons. The zero-order valence-electron chi connectivity index (χ0n) is 22.8. The van der Waals surface area contributed by atoms with E-state index in [0.717, 1.165) is 33.6 Å². The van der Waals surface area contributed by atoms with Crippen LogP contribution in [0, 0.1) is 0 Å². The zero-order chi connectivity index (χ0) is 29.2. The van der Waals surface area contributed by atoms with Gasteiger partial charge in [0.15, 0.2) is 23.1 Å². The number of hydrogen-bond acceptors (Lipinski definition) is 7. The Morgan fingerprint density at radius 3 is 1.05 bits per heavy atom. The van der Waals surface area contributed by atoms with E-state index in [1.165, 1.54) is 0 Å². The quantitative estimate of drug-likeness (QED) is 0.199. The molecular formula is C34H33N3O4. The number of nitrogens with one attached hydrogen (secondary N) is 1. The molecule has 0 unspecified atom stereocenters. The van der Waals surface area contributed by atoms with Gasteiger partial charge in [0.05, 0.1) is 13.1 Å². The van der Waals surface area contributed by atoms with Crippen LogP contribution in [0.5, 0.6) is 0 Å². The van der Waals surface area contributed by atoms with Crippen LogP contribution in [0.3, 0.4) is 0 Å². The molecule has 41 heavy (non-hydrogen) atoms. The van der Waals surface area contributed by atoms with Crippen molar-refractivity contribution in [1.29, 1.82) is 0 Å². The highest BCUT2D eigenvalue weighted by Gasteiger charge is 2.10. The van der Waals surface area contributed by atoms with Crippen LogP contribution in [0.2, 0.25) is 0 Å². The Labute approximate surface area is 239 Å². The standard InChI is InChI=1S/C34H33N3O4/c35-21-31(38)17-23-1-9-27(10-2-23)33(40)19-25-5-13-29(14-6-25)37-30-15-7-26(8-16-30)20-34(41)28-11-3-24(4-12-28)18-32(39)22-36/h1-16,37H,17-22,35-36H2. The second kappa shape index (κ2) is 14.1. The van der Waals surface area contributed by atoms with Gasteiger partial charge in [-0.1, -0.05) is 72.8 Å². The van der Waals surface area contributed by atoms with Crippen LogP contribution >= 0.6 is 0 Å². The number of hydrogen-bond donors (Lipinski definition) is 3. The largest absolute Gasteiger partial charge is 0.356 e. The monoisotopic (exact) mass is 547 g/mol. The van der Waals surface area contributed by atoms with Crippen molar-refractivity contribution in [2.24, 2.45) is 11.5 Å². The van der Waals surface area contributed by atoms with Crippen molar-refractivity contribution in [3.05, 3.63) is 130 Å². The topological polar surface area (TPSA) is 132 Å². The van der Waals surface area contributed by atoms with E-state index in [0.29, 0.717) is 11.1 Å². The van der Waals surface area contributed by atoms with Crippen molar-refractivity contribution >= 4 is 34.5 Å². The van der Waals surface area contributed by atoms with Crippen LogP contribution in [-0.4, -0.2) is 36.2 Å². The molecule has 0 heterocycles. The molecule has 4 aromatic carbocycles. The van der Waals surface area contributed by atoms with Crippen molar-refractivity contribution in [2.75, 3.05) is 18.4 Å². The smallest absolute Gasteiger partial charge is 0.167 e. The Morgan fingerprint density at radius 1 is 0.439 bits per heavy atom. The first-order valence-electron chi connectivity index (χ1n) is 13.5. The Hall–Kier alpha value is -4.72. The highest BCUT2D eigenvalue weighted by atomic mass is 16.1. The van der Waals surface area contributed by atoms with Gasteiger partial charge in [-0.3, -0.25) is 19.2 Å². The lowest BCUT2D eigenvalue weighted by atomic mass is 10.00. The van der Waals surface area contributed by atoms with Crippen molar-refractivity contribution in [3.63, 3.8) is 0 Å². The maximum absolute atomic E-state index is 12.7. The molecule has 0 fully saturated rings. The van der Waals surface area contributed by atoms with Gasteiger partial charge in [0.2, 0.25) is 0 Å². The molecule has 0 saturated carbocycles. The number of carbonyl (C=O) groups is 4. The third-order valence-corrected chi connectivity index (χ3v) is 6.74. The molecule has 0 spiro atoms. The van der Waals surface area contributed by atoms with Crippen molar-refractivity contribution < 1.29 is 19.2 Å². The van der Waals surface area contributed by atoms with E-state index < -0.39 is 0 Å². The molecule has 5 N–H and O–H groups in total. The van der Waals surface area contributed by atoms with Gasteiger partial charge in [0.25, 0.3) is 0 Å². The van der Waals surface area contributed by atoms with Crippen molar-refractivity contribution in [3.8, 4) is 0 Å². The first-order chi connectivity index (χ1) is 19.8. The van der Waals surface area contributed by atoms with Crippen LogP contribution in [0.15, 0.2) is 97.1 Å². The minimum atomic E-state index is -0.0406. The summed E-state index contributed by atoms with van der Waals surface area (Å²) in [5, 5.41) is 3.34. The molecule has 0 aliphatic heterocycles. The highest BCUT2D eigenvalue weighted by molar-refractivity contribution is 5.98. The van der Waals surface area contributed by atoms with E-state index in [9.17, 15) is 19.2 Å². The Morgan fingerprint density at radius 2 is 0.732 bits per heavy atom. The lowest BCUT2D eigenvalue weighted by Crippen LogP contribution is -2.15. The second-order valence-electron chi connectivity index (χ2n) is 9.95. The molecule has 0 saturated heterocycles. The van der Waals surface area contributed by atoms with Crippen LogP contribution in [0.1, 0.15) is 43.0 Å². The Kier molecular flexibility index (Phi) is 10.0. The fraction of sp³-hybridized carbons (Fsp3) is 0.176.